The van der Waals surface area contributed by atoms with Crippen molar-refractivity contribution in [1.82, 2.24) is 4.90 Å². The molecule has 2 aromatic rings. The normalized spacial score (nSPS) is 15.9. The van der Waals surface area contributed by atoms with Crippen molar-refractivity contribution in [3.63, 3.8) is 0 Å². The van der Waals surface area contributed by atoms with Gasteiger partial charge in [0.05, 0.1) is 18.9 Å². The van der Waals surface area contributed by atoms with Crippen LogP contribution in [0.5, 0.6) is 5.75 Å². The van der Waals surface area contributed by atoms with Crippen LogP contribution >= 0.6 is 0 Å². The highest BCUT2D eigenvalue weighted by atomic mass is 16.5. The predicted molar refractivity (Wildman–Crippen MR) is 124 cm³/mol. The maximum Gasteiger partial charge on any atom is 0.229 e. The molecule has 0 radical (unpaired) electrons. The molecule has 2 amide bonds. The number of carbonyl (C=O) groups excluding carboxylic acids is 2. The van der Waals surface area contributed by atoms with Crippen molar-refractivity contribution in [2.75, 3.05) is 43.0 Å². The number of nitrogens with one attached hydrogen (secondary N) is 1. The van der Waals surface area contributed by atoms with Gasteiger partial charge in [0.25, 0.3) is 0 Å². The third kappa shape index (κ3) is 6.48. The predicted octanol–water partition coefficient (Wildman–Crippen LogP) is 4.18. The van der Waals surface area contributed by atoms with Crippen LogP contribution in [0, 0.1) is 5.92 Å². The van der Waals surface area contributed by atoms with E-state index >= 15 is 0 Å². The Kier molecular flexibility index (Phi) is 8.33. The van der Waals surface area contributed by atoms with Crippen LogP contribution in [-0.2, 0) is 9.59 Å². The number of amides is 2. The number of hydrogen-bond donors (Lipinski definition) is 1. The second kappa shape index (κ2) is 11.4. The minimum absolute atomic E-state index is 0.0198. The molecule has 6 nitrogen and oxygen atoms in total. The molecule has 1 unspecified atom stereocenters. The van der Waals surface area contributed by atoms with Crippen molar-refractivity contribution in [3.8, 4) is 5.75 Å². The molecule has 31 heavy (non-hydrogen) atoms. The van der Waals surface area contributed by atoms with Gasteiger partial charge in [-0.25, -0.2) is 0 Å². The quantitative estimate of drug-likeness (QED) is 0.657. The smallest absolute Gasteiger partial charge is 0.229 e. The summed E-state index contributed by atoms with van der Waals surface area (Å²) < 4.78 is 5.63. The average molecular weight is 424 g/mol. The molecule has 1 aliphatic heterocycles. The molecule has 0 bridgehead atoms. The van der Waals surface area contributed by atoms with Gasteiger partial charge >= 0.3 is 0 Å². The van der Waals surface area contributed by atoms with E-state index in [4.69, 9.17) is 4.74 Å². The second-order valence-electron chi connectivity index (χ2n) is 7.80. The summed E-state index contributed by atoms with van der Waals surface area (Å²) in [4.78, 5) is 29.4. The molecule has 0 aliphatic carbocycles. The fourth-order valence-electron chi connectivity index (χ4n) is 3.94. The Balaban J connectivity index is 1.47. The van der Waals surface area contributed by atoms with Crippen LogP contribution in [-0.4, -0.2) is 49.5 Å². The molecule has 1 saturated heterocycles. The zero-order chi connectivity index (χ0) is 22.1. The number of para-hydroxylation sites is 1. The summed E-state index contributed by atoms with van der Waals surface area (Å²) in [5.74, 6) is 0.596. The average Bonchev–Trinajstić information content (AvgIpc) is 2.81. The van der Waals surface area contributed by atoms with Gasteiger partial charge in [0.1, 0.15) is 5.75 Å². The number of carbonyl (C=O) groups is 2. The molecule has 0 spiro atoms. The van der Waals surface area contributed by atoms with Crippen LogP contribution in [0.1, 0.15) is 33.1 Å². The summed E-state index contributed by atoms with van der Waals surface area (Å²) in [6, 6.07) is 17.4. The van der Waals surface area contributed by atoms with E-state index in [0.717, 1.165) is 43.1 Å². The Labute approximate surface area is 185 Å². The topological polar surface area (TPSA) is 61.9 Å². The van der Waals surface area contributed by atoms with Crippen LogP contribution < -0.4 is 15.0 Å². The van der Waals surface area contributed by atoms with E-state index in [-0.39, 0.29) is 17.7 Å². The fraction of sp³-hybridized carbons (Fsp3) is 0.440. The first kappa shape index (κ1) is 22.7. The lowest BCUT2D eigenvalue weighted by Crippen LogP contribution is -2.44. The molecular weight excluding hydrogens is 390 g/mol. The number of hydrogen-bond acceptors (Lipinski definition) is 4. The molecule has 1 aliphatic rings. The summed E-state index contributed by atoms with van der Waals surface area (Å²) in [5.41, 5.74) is 1.94. The summed E-state index contributed by atoms with van der Waals surface area (Å²) in [7, 11) is 0. The van der Waals surface area contributed by atoms with Crippen LogP contribution in [0.3, 0.4) is 0 Å². The van der Waals surface area contributed by atoms with Gasteiger partial charge in [-0.05, 0) is 63.1 Å². The van der Waals surface area contributed by atoms with Crippen molar-refractivity contribution in [3.05, 3.63) is 54.6 Å². The minimum Gasteiger partial charge on any atom is -0.493 e. The lowest BCUT2D eigenvalue weighted by atomic mass is 9.96. The van der Waals surface area contributed by atoms with Gasteiger partial charge in [-0.3, -0.25) is 9.59 Å². The SMILES string of the molecule is CCN(CC)c1ccc(NC(=O)C2CCCN(C(=O)CCOc3ccccc3)C2)cc1. The third-order valence-corrected chi connectivity index (χ3v) is 5.74. The lowest BCUT2D eigenvalue weighted by molar-refractivity contribution is -0.135. The number of anilines is 2. The van der Waals surface area contributed by atoms with Crippen molar-refractivity contribution in [2.45, 2.75) is 33.1 Å². The Hall–Kier alpha value is -3.02. The van der Waals surface area contributed by atoms with Crippen LogP contribution in [0.2, 0.25) is 0 Å². The molecule has 1 atom stereocenters. The minimum atomic E-state index is -0.185. The maximum absolute atomic E-state index is 12.8. The number of rotatable bonds is 9. The number of piperidine rings is 1. The molecule has 0 aromatic heterocycles. The largest absolute Gasteiger partial charge is 0.493 e. The Bertz CT molecular complexity index is 835. The summed E-state index contributed by atoms with van der Waals surface area (Å²) in [5, 5.41) is 3.02. The monoisotopic (exact) mass is 423 g/mol. The summed E-state index contributed by atoms with van der Waals surface area (Å²) in [6.45, 7) is 7.66. The zero-order valence-electron chi connectivity index (χ0n) is 18.5. The molecule has 166 valence electrons. The van der Waals surface area contributed by atoms with Crippen molar-refractivity contribution in [2.24, 2.45) is 5.92 Å². The van der Waals surface area contributed by atoms with Gasteiger partial charge in [-0.1, -0.05) is 18.2 Å². The zero-order valence-corrected chi connectivity index (χ0v) is 18.5. The number of benzene rings is 2. The first-order chi connectivity index (χ1) is 15.1. The molecule has 0 saturated carbocycles. The highest BCUT2D eigenvalue weighted by Gasteiger charge is 2.28. The highest BCUT2D eigenvalue weighted by molar-refractivity contribution is 5.93. The Morgan fingerprint density at radius 3 is 2.45 bits per heavy atom. The molecule has 1 heterocycles. The van der Waals surface area contributed by atoms with E-state index < -0.39 is 0 Å². The van der Waals surface area contributed by atoms with E-state index in [1.165, 1.54) is 0 Å². The van der Waals surface area contributed by atoms with Gasteiger partial charge in [0, 0.05) is 37.6 Å². The van der Waals surface area contributed by atoms with Crippen LogP contribution in [0.15, 0.2) is 54.6 Å². The van der Waals surface area contributed by atoms with Gasteiger partial charge in [-0.15, -0.1) is 0 Å². The molecular formula is C25H33N3O3. The third-order valence-electron chi connectivity index (χ3n) is 5.74. The van der Waals surface area contributed by atoms with E-state index in [0.29, 0.717) is 26.1 Å². The van der Waals surface area contributed by atoms with Crippen LogP contribution in [0.25, 0.3) is 0 Å². The summed E-state index contributed by atoms with van der Waals surface area (Å²) in [6.07, 6.45) is 1.95. The number of likely N-dealkylation sites (tertiary alicyclic amines) is 1. The second-order valence-corrected chi connectivity index (χ2v) is 7.80. The Morgan fingerprint density at radius 2 is 1.77 bits per heavy atom. The van der Waals surface area contributed by atoms with Gasteiger partial charge < -0.3 is 19.9 Å². The first-order valence-corrected chi connectivity index (χ1v) is 11.2. The first-order valence-electron chi connectivity index (χ1n) is 11.2. The van der Waals surface area contributed by atoms with Gasteiger partial charge in [-0.2, -0.15) is 0 Å². The highest BCUT2D eigenvalue weighted by Crippen LogP contribution is 2.22. The standard InChI is InChI=1S/C25H33N3O3/c1-3-27(4-2)22-14-12-21(13-15-22)26-25(30)20-9-8-17-28(19-20)24(29)16-18-31-23-10-6-5-7-11-23/h5-7,10-15,20H,3-4,8-9,16-19H2,1-2H3,(H,26,30). The van der Waals surface area contributed by atoms with E-state index in [2.05, 4.69) is 24.1 Å². The van der Waals surface area contributed by atoms with Crippen molar-refractivity contribution in [1.29, 1.82) is 0 Å². The van der Waals surface area contributed by atoms with Crippen LogP contribution in [0.4, 0.5) is 11.4 Å². The lowest BCUT2D eigenvalue weighted by Gasteiger charge is -2.32. The number of nitrogens with zero attached hydrogens (tertiary/aromatic N) is 2. The molecule has 2 aromatic carbocycles. The fourth-order valence-corrected chi connectivity index (χ4v) is 3.94. The van der Waals surface area contributed by atoms with Gasteiger partial charge in [0.15, 0.2) is 0 Å². The summed E-state index contributed by atoms with van der Waals surface area (Å²) >= 11 is 0. The maximum atomic E-state index is 12.8. The molecule has 6 heteroatoms. The molecule has 3 rings (SSSR count). The van der Waals surface area contributed by atoms with Crippen molar-refractivity contribution >= 4 is 23.2 Å². The van der Waals surface area contributed by atoms with E-state index in [1.807, 2.05) is 54.6 Å². The van der Waals surface area contributed by atoms with Crippen molar-refractivity contribution < 1.29 is 14.3 Å². The van der Waals surface area contributed by atoms with Gasteiger partial charge in [0.2, 0.25) is 11.8 Å². The number of ether oxygens (including phenoxy) is 1. The van der Waals surface area contributed by atoms with E-state index in [9.17, 15) is 9.59 Å². The Morgan fingerprint density at radius 1 is 1.06 bits per heavy atom. The molecule has 1 N–H and O–H groups in total. The molecule has 1 fully saturated rings. The van der Waals surface area contributed by atoms with E-state index in [1.54, 1.807) is 4.90 Å².